The normalized spacial score (nSPS) is 13.8. The summed E-state index contributed by atoms with van der Waals surface area (Å²) in [5.74, 6) is 1.48. The van der Waals surface area contributed by atoms with Crippen molar-refractivity contribution in [2.75, 3.05) is 40.5 Å². The number of ether oxygens (including phenoxy) is 2. The summed E-state index contributed by atoms with van der Waals surface area (Å²) in [6, 6.07) is 0.239. The van der Waals surface area contributed by atoms with Crippen LogP contribution in [-0.4, -0.2) is 52.5 Å². The predicted octanol–water partition coefficient (Wildman–Crippen LogP) is 1.25. The van der Waals surface area contributed by atoms with Crippen molar-refractivity contribution in [3.63, 3.8) is 0 Å². The van der Waals surface area contributed by atoms with Crippen molar-refractivity contribution in [3.8, 4) is 0 Å². The molecule has 0 rings (SSSR count). The Hall–Kier alpha value is -0.810. The van der Waals surface area contributed by atoms with Crippen LogP contribution in [0.2, 0.25) is 0 Å². The smallest absolute Gasteiger partial charge is 0.191 e. The summed E-state index contributed by atoms with van der Waals surface area (Å²) in [4.78, 5) is 4.14. The van der Waals surface area contributed by atoms with Crippen LogP contribution >= 0.6 is 0 Å². The second kappa shape index (κ2) is 11.3. The zero-order valence-corrected chi connectivity index (χ0v) is 12.5. The third kappa shape index (κ3) is 10.4. The van der Waals surface area contributed by atoms with E-state index in [0.717, 1.165) is 25.5 Å². The molecule has 108 valence electrons. The van der Waals surface area contributed by atoms with Crippen molar-refractivity contribution in [2.24, 2.45) is 10.9 Å². The molecule has 0 bridgehead atoms. The monoisotopic (exact) mass is 259 g/mol. The lowest BCUT2D eigenvalue weighted by molar-refractivity contribution is 0.128. The van der Waals surface area contributed by atoms with Gasteiger partial charge in [0.2, 0.25) is 0 Å². The first kappa shape index (κ1) is 17.2. The van der Waals surface area contributed by atoms with Gasteiger partial charge in [0, 0.05) is 33.4 Å². The molecule has 2 N–H and O–H groups in total. The van der Waals surface area contributed by atoms with E-state index in [1.807, 2.05) is 0 Å². The lowest BCUT2D eigenvalue weighted by atomic mass is 10.1. The number of nitrogens with one attached hydrogen (secondary N) is 2. The first-order valence-electron chi connectivity index (χ1n) is 6.64. The van der Waals surface area contributed by atoms with E-state index >= 15 is 0 Å². The standard InChI is InChI=1S/C13H29N3O2/c1-11(2)6-8-18-9-7-15-13(14-4)16-12(3)10-17-5/h11-12H,6-10H2,1-5H3,(H2,14,15,16). The van der Waals surface area contributed by atoms with Crippen LogP contribution in [0.1, 0.15) is 27.2 Å². The fourth-order valence-electron chi connectivity index (χ4n) is 1.38. The Balaban J connectivity index is 3.57. The van der Waals surface area contributed by atoms with E-state index in [-0.39, 0.29) is 6.04 Å². The predicted molar refractivity (Wildman–Crippen MR) is 76.1 cm³/mol. The maximum atomic E-state index is 5.52. The van der Waals surface area contributed by atoms with Gasteiger partial charge in [-0.15, -0.1) is 0 Å². The van der Waals surface area contributed by atoms with Crippen LogP contribution in [0.5, 0.6) is 0 Å². The molecule has 0 saturated heterocycles. The van der Waals surface area contributed by atoms with E-state index < -0.39 is 0 Å². The van der Waals surface area contributed by atoms with E-state index in [0.29, 0.717) is 19.1 Å². The Bertz CT molecular complexity index is 220. The molecule has 0 aromatic rings. The molecular formula is C13H29N3O2. The van der Waals surface area contributed by atoms with Gasteiger partial charge in [0.05, 0.1) is 13.2 Å². The van der Waals surface area contributed by atoms with Gasteiger partial charge in [0.15, 0.2) is 5.96 Å². The number of nitrogens with zero attached hydrogens (tertiary/aromatic N) is 1. The number of hydrogen-bond acceptors (Lipinski definition) is 3. The Kier molecular flexibility index (Phi) is 10.8. The molecule has 5 nitrogen and oxygen atoms in total. The topological polar surface area (TPSA) is 54.9 Å². The van der Waals surface area contributed by atoms with Gasteiger partial charge in [-0.3, -0.25) is 4.99 Å². The SMILES string of the molecule is CN=C(NCCOCCC(C)C)NC(C)COC. The van der Waals surface area contributed by atoms with Gasteiger partial charge in [-0.2, -0.15) is 0 Å². The molecule has 0 aliphatic rings. The van der Waals surface area contributed by atoms with Crippen molar-refractivity contribution in [3.05, 3.63) is 0 Å². The average Bonchev–Trinajstić information content (AvgIpc) is 2.31. The summed E-state index contributed by atoms with van der Waals surface area (Å²) in [6.07, 6.45) is 1.11. The highest BCUT2D eigenvalue weighted by Gasteiger charge is 2.03. The van der Waals surface area contributed by atoms with Gasteiger partial charge in [-0.25, -0.2) is 0 Å². The minimum atomic E-state index is 0.239. The third-order valence-corrected chi connectivity index (χ3v) is 2.40. The molecule has 0 aliphatic carbocycles. The lowest BCUT2D eigenvalue weighted by Crippen LogP contribution is -2.44. The minimum Gasteiger partial charge on any atom is -0.383 e. The summed E-state index contributed by atoms with van der Waals surface area (Å²) >= 11 is 0. The van der Waals surface area contributed by atoms with Crippen molar-refractivity contribution in [1.29, 1.82) is 0 Å². The maximum Gasteiger partial charge on any atom is 0.191 e. The van der Waals surface area contributed by atoms with Crippen LogP contribution < -0.4 is 10.6 Å². The van der Waals surface area contributed by atoms with Gasteiger partial charge >= 0.3 is 0 Å². The number of methoxy groups -OCH3 is 1. The molecule has 0 aromatic carbocycles. The molecule has 0 aliphatic heterocycles. The van der Waals surface area contributed by atoms with Gasteiger partial charge in [-0.05, 0) is 19.3 Å². The molecule has 0 amide bonds. The molecule has 1 unspecified atom stereocenters. The molecule has 0 aromatic heterocycles. The van der Waals surface area contributed by atoms with Crippen LogP contribution in [0.25, 0.3) is 0 Å². The Labute approximate surface area is 111 Å². The molecule has 0 spiro atoms. The summed E-state index contributed by atoms with van der Waals surface area (Å²) in [5, 5.41) is 6.44. The molecule has 0 fully saturated rings. The molecular weight excluding hydrogens is 230 g/mol. The van der Waals surface area contributed by atoms with Crippen molar-refractivity contribution in [1.82, 2.24) is 10.6 Å². The van der Waals surface area contributed by atoms with Crippen LogP contribution in [-0.2, 0) is 9.47 Å². The fourth-order valence-corrected chi connectivity index (χ4v) is 1.38. The minimum absolute atomic E-state index is 0.239. The largest absolute Gasteiger partial charge is 0.383 e. The first-order valence-corrected chi connectivity index (χ1v) is 6.64. The van der Waals surface area contributed by atoms with Gasteiger partial charge in [0.1, 0.15) is 0 Å². The van der Waals surface area contributed by atoms with Crippen molar-refractivity contribution in [2.45, 2.75) is 33.2 Å². The zero-order chi connectivity index (χ0) is 13.8. The zero-order valence-electron chi connectivity index (χ0n) is 12.5. The van der Waals surface area contributed by atoms with Crippen molar-refractivity contribution >= 4 is 5.96 Å². The molecule has 1 atom stereocenters. The second-order valence-electron chi connectivity index (χ2n) is 4.79. The van der Waals surface area contributed by atoms with Gasteiger partial charge in [0.25, 0.3) is 0 Å². The molecule has 0 saturated carbocycles. The average molecular weight is 259 g/mol. The van der Waals surface area contributed by atoms with Crippen molar-refractivity contribution < 1.29 is 9.47 Å². The van der Waals surface area contributed by atoms with E-state index in [1.165, 1.54) is 0 Å². The highest BCUT2D eigenvalue weighted by molar-refractivity contribution is 5.79. The van der Waals surface area contributed by atoms with Crippen LogP contribution in [0.4, 0.5) is 0 Å². The number of aliphatic imine (C=N–C) groups is 1. The summed E-state index contributed by atoms with van der Waals surface area (Å²) in [7, 11) is 3.45. The Morgan fingerprint density at radius 3 is 2.50 bits per heavy atom. The van der Waals surface area contributed by atoms with Crippen LogP contribution in [0.15, 0.2) is 4.99 Å². The summed E-state index contributed by atoms with van der Waals surface area (Å²) < 4.78 is 10.6. The maximum absolute atomic E-state index is 5.52. The highest BCUT2D eigenvalue weighted by atomic mass is 16.5. The number of hydrogen-bond donors (Lipinski definition) is 2. The third-order valence-electron chi connectivity index (χ3n) is 2.40. The summed E-state index contributed by atoms with van der Waals surface area (Å²) in [5.41, 5.74) is 0. The number of rotatable bonds is 9. The quantitative estimate of drug-likeness (QED) is 0.372. The Morgan fingerprint density at radius 2 is 1.94 bits per heavy atom. The van der Waals surface area contributed by atoms with E-state index in [4.69, 9.17) is 9.47 Å². The van der Waals surface area contributed by atoms with Crippen LogP contribution in [0.3, 0.4) is 0 Å². The van der Waals surface area contributed by atoms with E-state index in [9.17, 15) is 0 Å². The molecule has 18 heavy (non-hydrogen) atoms. The molecule has 5 heteroatoms. The molecule has 0 heterocycles. The highest BCUT2D eigenvalue weighted by Crippen LogP contribution is 1.98. The fraction of sp³-hybridized carbons (Fsp3) is 0.923. The Morgan fingerprint density at radius 1 is 1.22 bits per heavy atom. The number of guanidine groups is 1. The second-order valence-corrected chi connectivity index (χ2v) is 4.79. The van der Waals surface area contributed by atoms with Gasteiger partial charge in [-0.1, -0.05) is 13.8 Å². The first-order chi connectivity index (χ1) is 8.60. The van der Waals surface area contributed by atoms with E-state index in [1.54, 1.807) is 14.2 Å². The van der Waals surface area contributed by atoms with Gasteiger partial charge < -0.3 is 20.1 Å². The molecule has 0 radical (unpaired) electrons. The summed E-state index contributed by atoms with van der Waals surface area (Å²) in [6.45, 7) is 9.39. The van der Waals surface area contributed by atoms with Crippen LogP contribution in [0, 0.1) is 5.92 Å². The lowest BCUT2D eigenvalue weighted by Gasteiger charge is -2.17. The van der Waals surface area contributed by atoms with E-state index in [2.05, 4.69) is 36.4 Å².